The quantitative estimate of drug-likeness (QED) is 0.289. The molecular formula is C21H28IN5O2. The van der Waals surface area contributed by atoms with Gasteiger partial charge in [0.25, 0.3) is 5.91 Å². The van der Waals surface area contributed by atoms with E-state index in [1.54, 1.807) is 12.1 Å². The molecule has 0 saturated heterocycles. The lowest BCUT2D eigenvalue weighted by molar-refractivity contribution is -0.117. The summed E-state index contributed by atoms with van der Waals surface area (Å²) in [4.78, 5) is 29.4. The minimum Gasteiger partial charge on any atom is -0.368 e. The second kappa shape index (κ2) is 12.8. The van der Waals surface area contributed by atoms with Gasteiger partial charge in [-0.1, -0.05) is 42.5 Å². The predicted molar refractivity (Wildman–Crippen MR) is 126 cm³/mol. The largest absolute Gasteiger partial charge is 0.368 e. The van der Waals surface area contributed by atoms with E-state index in [-0.39, 0.29) is 36.4 Å². The maximum absolute atomic E-state index is 11.9. The summed E-state index contributed by atoms with van der Waals surface area (Å²) in [5.74, 6) is -0.0886. The summed E-state index contributed by atoms with van der Waals surface area (Å²) >= 11 is 0. The number of hydrogen-bond acceptors (Lipinski definition) is 3. The average molecular weight is 509 g/mol. The molecule has 2 rings (SSSR count). The van der Waals surface area contributed by atoms with Gasteiger partial charge < -0.3 is 21.3 Å². The van der Waals surface area contributed by atoms with Gasteiger partial charge in [0.1, 0.15) is 0 Å². The third kappa shape index (κ3) is 8.51. The van der Waals surface area contributed by atoms with Crippen molar-refractivity contribution in [1.29, 1.82) is 0 Å². The molecule has 0 aliphatic carbocycles. The lowest BCUT2D eigenvalue weighted by Gasteiger charge is -2.22. The normalized spacial score (nSPS) is 10.6. The Balaban J connectivity index is 0.00000420. The molecule has 0 atom stereocenters. The van der Waals surface area contributed by atoms with Crippen molar-refractivity contribution in [3.63, 3.8) is 0 Å². The van der Waals surface area contributed by atoms with E-state index in [9.17, 15) is 9.59 Å². The van der Waals surface area contributed by atoms with E-state index >= 15 is 0 Å². The highest BCUT2D eigenvalue weighted by molar-refractivity contribution is 14.0. The van der Waals surface area contributed by atoms with Crippen LogP contribution in [0.1, 0.15) is 28.4 Å². The molecule has 8 heteroatoms. The van der Waals surface area contributed by atoms with Gasteiger partial charge in [-0.15, -0.1) is 24.0 Å². The number of amides is 2. The van der Waals surface area contributed by atoms with Gasteiger partial charge in [-0.25, -0.2) is 4.99 Å². The number of aliphatic imine (C=N–C) groups is 1. The zero-order valence-corrected chi connectivity index (χ0v) is 19.1. The van der Waals surface area contributed by atoms with Crippen LogP contribution < -0.4 is 16.4 Å². The number of carbonyl (C=O) groups is 2. The van der Waals surface area contributed by atoms with Gasteiger partial charge in [0.15, 0.2) is 5.96 Å². The predicted octanol–water partition coefficient (Wildman–Crippen LogP) is 2.12. The van der Waals surface area contributed by atoms with Crippen molar-refractivity contribution in [2.45, 2.75) is 20.0 Å². The first kappa shape index (κ1) is 24.4. The van der Waals surface area contributed by atoms with Gasteiger partial charge in [-0.3, -0.25) is 9.59 Å². The topological polar surface area (TPSA) is 99.8 Å². The Morgan fingerprint density at radius 2 is 1.66 bits per heavy atom. The highest BCUT2D eigenvalue weighted by Crippen LogP contribution is 2.07. The maximum Gasteiger partial charge on any atom is 0.251 e. The van der Waals surface area contributed by atoms with Crippen molar-refractivity contribution in [3.05, 3.63) is 71.3 Å². The number of halogens is 1. The smallest absolute Gasteiger partial charge is 0.251 e. The molecule has 2 amide bonds. The van der Waals surface area contributed by atoms with Gasteiger partial charge in [0.05, 0.1) is 13.1 Å². The summed E-state index contributed by atoms with van der Waals surface area (Å²) in [6.07, 6.45) is 0. The first-order chi connectivity index (χ1) is 13.5. The number of nitrogens with zero attached hydrogens (tertiary/aromatic N) is 2. The van der Waals surface area contributed by atoms with Gasteiger partial charge in [-0.05, 0) is 30.2 Å². The van der Waals surface area contributed by atoms with Crippen LogP contribution in [0, 0.1) is 0 Å². The Bertz CT molecular complexity index is 810. The molecule has 0 aliphatic heterocycles. The fourth-order valence-corrected chi connectivity index (χ4v) is 2.60. The number of nitrogens with one attached hydrogen (secondary N) is 2. The Hall–Kier alpha value is -2.62. The molecule has 0 aromatic heterocycles. The van der Waals surface area contributed by atoms with E-state index in [0.29, 0.717) is 12.1 Å². The van der Waals surface area contributed by atoms with E-state index in [4.69, 9.17) is 5.73 Å². The second-order valence-corrected chi connectivity index (χ2v) is 6.36. The van der Waals surface area contributed by atoms with Crippen LogP contribution in [0.5, 0.6) is 0 Å². The second-order valence-electron chi connectivity index (χ2n) is 6.36. The van der Waals surface area contributed by atoms with Crippen molar-refractivity contribution in [3.8, 4) is 0 Å². The summed E-state index contributed by atoms with van der Waals surface area (Å²) in [6.45, 7) is 3.88. The first-order valence-electron chi connectivity index (χ1n) is 9.18. The summed E-state index contributed by atoms with van der Waals surface area (Å²) in [7, 11) is 2.00. The highest BCUT2D eigenvalue weighted by atomic mass is 127. The van der Waals surface area contributed by atoms with Crippen LogP contribution in [-0.4, -0.2) is 42.8 Å². The highest BCUT2D eigenvalue weighted by Gasteiger charge is 2.08. The number of carbonyl (C=O) groups excluding carboxylic acids is 2. The Morgan fingerprint density at radius 1 is 1.00 bits per heavy atom. The number of guanidine groups is 1. The minimum absolute atomic E-state index is 0. The van der Waals surface area contributed by atoms with Gasteiger partial charge in [0, 0.05) is 25.7 Å². The molecule has 7 nitrogen and oxygen atoms in total. The zero-order valence-electron chi connectivity index (χ0n) is 16.7. The molecule has 29 heavy (non-hydrogen) atoms. The van der Waals surface area contributed by atoms with Crippen molar-refractivity contribution >= 4 is 41.8 Å². The lowest BCUT2D eigenvalue weighted by atomic mass is 10.1. The van der Waals surface area contributed by atoms with Crippen LogP contribution in [0.3, 0.4) is 0 Å². The summed E-state index contributed by atoms with van der Waals surface area (Å²) < 4.78 is 0. The zero-order chi connectivity index (χ0) is 20.4. The molecule has 0 radical (unpaired) electrons. The van der Waals surface area contributed by atoms with Crippen molar-refractivity contribution in [1.82, 2.24) is 15.5 Å². The number of hydrogen-bond donors (Lipinski definition) is 3. The molecule has 0 saturated carbocycles. The number of nitrogens with two attached hydrogens (primary N) is 1. The van der Waals surface area contributed by atoms with Gasteiger partial charge in [-0.2, -0.15) is 0 Å². The van der Waals surface area contributed by atoms with E-state index in [0.717, 1.165) is 24.6 Å². The Kier molecular flexibility index (Phi) is 10.7. The summed E-state index contributed by atoms with van der Waals surface area (Å²) in [6, 6.07) is 17.3. The average Bonchev–Trinajstić information content (AvgIpc) is 2.70. The number of rotatable bonds is 8. The van der Waals surface area contributed by atoms with Gasteiger partial charge >= 0.3 is 0 Å². The van der Waals surface area contributed by atoms with Crippen LogP contribution in [0.4, 0.5) is 0 Å². The van der Waals surface area contributed by atoms with Crippen LogP contribution in [0.15, 0.2) is 59.6 Å². The summed E-state index contributed by atoms with van der Waals surface area (Å²) in [5.41, 5.74) is 7.70. The minimum atomic E-state index is -0.574. The maximum atomic E-state index is 11.9. The van der Waals surface area contributed by atoms with Gasteiger partial charge in [0.2, 0.25) is 5.91 Å². The Labute approximate surface area is 188 Å². The lowest BCUT2D eigenvalue weighted by Crippen LogP contribution is -2.38. The third-order valence-electron chi connectivity index (χ3n) is 4.01. The summed E-state index contributed by atoms with van der Waals surface area (Å²) in [5, 5.41) is 5.76. The van der Waals surface area contributed by atoms with Crippen LogP contribution >= 0.6 is 24.0 Å². The monoisotopic (exact) mass is 509 g/mol. The SMILES string of the molecule is CCNC(=NCc1ccc(C(=O)NCC(N)=O)cc1)N(C)Cc1ccccc1.I. The molecule has 0 bridgehead atoms. The standard InChI is InChI=1S/C21H27N5O2.HI/c1-3-23-21(26(2)15-17-7-5-4-6-8-17)25-13-16-9-11-18(12-10-16)20(28)24-14-19(22)27;/h4-12H,3,13-15H2,1-2H3,(H2,22,27)(H,23,25)(H,24,28);1H. The molecule has 4 N–H and O–H groups in total. The molecule has 0 fully saturated rings. The molecule has 2 aromatic carbocycles. The molecule has 0 heterocycles. The van der Waals surface area contributed by atoms with Crippen LogP contribution in [-0.2, 0) is 17.9 Å². The Morgan fingerprint density at radius 3 is 2.24 bits per heavy atom. The van der Waals surface area contributed by atoms with Crippen LogP contribution in [0.25, 0.3) is 0 Å². The van der Waals surface area contributed by atoms with Crippen molar-refractivity contribution < 1.29 is 9.59 Å². The number of primary amides is 1. The molecule has 0 aliphatic rings. The van der Waals surface area contributed by atoms with Crippen molar-refractivity contribution in [2.24, 2.45) is 10.7 Å². The molecule has 0 spiro atoms. The molecule has 0 unspecified atom stereocenters. The third-order valence-corrected chi connectivity index (χ3v) is 4.01. The fraction of sp³-hybridized carbons (Fsp3) is 0.286. The van der Waals surface area contributed by atoms with E-state index < -0.39 is 5.91 Å². The van der Waals surface area contributed by atoms with Crippen molar-refractivity contribution in [2.75, 3.05) is 20.1 Å². The van der Waals surface area contributed by atoms with Crippen LogP contribution in [0.2, 0.25) is 0 Å². The molecular weight excluding hydrogens is 481 g/mol. The first-order valence-corrected chi connectivity index (χ1v) is 9.18. The fourth-order valence-electron chi connectivity index (χ4n) is 2.60. The molecule has 2 aromatic rings. The van der Waals surface area contributed by atoms with E-state index in [1.807, 2.05) is 44.3 Å². The number of benzene rings is 2. The van der Waals surface area contributed by atoms with E-state index in [2.05, 4.69) is 32.7 Å². The van der Waals surface area contributed by atoms with E-state index in [1.165, 1.54) is 5.56 Å². The molecule has 156 valence electrons.